The van der Waals surface area contributed by atoms with Crippen molar-refractivity contribution in [1.29, 1.82) is 0 Å². The molecule has 1 heterocycles. The highest BCUT2D eigenvalue weighted by Gasteiger charge is 2.67. The maximum Gasteiger partial charge on any atom is 0.261 e. The van der Waals surface area contributed by atoms with Crippen LogP contribution in [0.1, 0.15) is 105 Å². The summed E-state index contributed by atoms with van der Waals surface area (Å²) in [5.41, 5.74) is 2.22. The number of aliphatic hydroxyl groups is 1. The fraction of sp³-hybridized carbons (Fsp3) is 0.571. The number of carbonyl (C=O) groups excluding carboxylic acids is 1. The Labute approximate surface area is 331 Å². The molecule has 1 aliphatic heterocycles. The lowest BCUT2D eigenvalue weighted by Crippen LogP contribution is -2.68. The van der Waals surface area contributed by atoms with Gasteiger partial charge in [0.25, 0.3) is 8.32 Å². The highest BCUT2D eigenvalue weighted by Crippen LogP contribution is 2.69. The number of hydrogen-bond acceptors (Lipinski definition) is 5. The lowest BCUT2D eigenvalue weighted by atomic mass is 9.43. The minimum Gasteiger partial charge on any atom is -0.494 e. The van der Waals surface area contributed by atoms with Gasteiger partial charge in [-0.3, -0.25) is 4.79 Å². The fourth-order valence-corrected chi connectivity index (χ4v) is 17.8. The highest BCUT2D eigenvalue weighted by atomic mass is 28.4. The second-order valence-electron chi connectivity index (χ2n) is 19.4. The van der Waals surface area contributed by atoms with Crippen molar-refractivity contribution >= 4 is 24.5 Å². The molecule has 1 unspecified atom stereocenters. The van der Waals surface area contributed by atoms with Crippen LogP contribution in [0.3, 0.4) is 0 Å². The van der Waals surface area contributed by atoms with Crippen LogP contribution < -0.4 is 10.4 Å². The molecule has 4 aliphatic carbocycles. The van der Waals surface area contributed by atoms with Crippen LogP contribution in [0.25, 0.3) is 0 Å². The Bertz CT molecular complexity index is 1800. The largest absolute Gasteiger partial charge is 0.494 e. The van der Waals surface area contributed by atoms with Crippen LogP contribution in [-0.2, 0) is 25.3 Å². The number of ether oxygens (including phenoxy) is 2. The Balaban J connectivity index is 1.02. The third kappa shape index (κ3) is 6.61. The topological polar surface area (TPSA) is 65.0 Å². The molecule has 1 N–H and O–H groups in total. The van der Waals surface area contributed by atoms with Gasteiger partial charge < -0.3 is 19.0 Å². The van der Waals surface area contributed by atoms with E-state index >= 15 is 0 Å². The van der Waals surface area contributed by atoms with E-state index in [-0.39, 0.29) is 33.7 Å². The Morgan fingerprint density at radius 2 is 1.51 bits per heavy atom. The maximum atomic E-state index is 12.5. The summed E-state index contributed by atoms with van der Waals surface area (Å²) in [7, 11) is -2.64. The Kier molecular flexibility index (Phi) is 10.6. The van der Waals surface area contributed by atoms with Gasteiger partial charge in [0, 0.05) is 17.9 Å². The molecular weight excluding hydrogens is 697 g/mol. The molecule has 3 aromatic carbocycles. The number of hydrogen-bond donors (Lipinski definition) is 1. The van der Waals surface area contributed by atoms with Crippen molar-refractivity contribution in [2.24, 2.45) is 40.4 Å². The summed E-state index contributed by atoms with van der Waals surface area (Å²) >= 11 is 0. The van der Waals surface area contributed by atoms with Gasteiger partial charge in [-0.1, -0.05) is 119 Å². The van der Waals surface area contributed by atoms with E-state index in [2.05, 4.69) is 107 Å². The van der Waals surface area contributed by atoms with Crippen molar-refractivity contribution in [3.05, 3.63) is 108 Å². The maximum absolute atomic E-state index is 12.5. The SMILES string of the molecule is CC(=O)C[C@@H](OCc1ccccc1)C1=C(C)[C@H]2CC[C@H]3[C@@H]4CC[C@H]5C[C@@H](O[Si](c6ccccc6)(c6ccccc6)C(C)(C)C)CC[C@]5(C)[C@H]4C[C@@H](O)C23CO1. The third-order valence-electron chi connectivity index (χ3n) is 15.6. The molecule has 0 radical (unpaired) electrons. The van der Waals surface area contributed by atoms with Gasteiger partial charge in [-0.2, -0.15) is 0 Å². The van der Waals surface area contributed by atoms with E-state index in [0.29, 0.717) is 43.3 Å². The van der Waals surface area contributed by atoms with Crippen LogP contribution in [0.15, 0.2) is 102 Å². The number of benzene rings is 3. The van der Waals surface area contributed by atoms with Crippen molar-refractivity contribution in [3.63, 3.8) is 0 Å². The van der Waals surface area contributed by atoms with Gasteiger partial charge in [-0.05, 0) is 127 Å². The first-order valence-corrected chi connectivity index (χ1v) is 23.2. The van der Waals surface area contributed by atoms with Crippen molar-refractivity contribution in [3.8, 4) is 0 Å². The molecule has 8 rings (SSSR count). The molecule has 4 fully saturated rings. The number of allylic oxidation sites excluding steroid dienone is 1. The number of Topliss-reactive ketones (excluding diaryl/α,β-unsaturated/α-hetero) is 1. The Morgan fingerprint density at radius 1 is 0.873 bits per heavy atom. The van der Waals surface area contributed by atoms with Gasteiger partial charge >= 0.3 is 0 Å². The van der Waals surface area contributed by atoms with Crippen LogP contribution in [0.5, 0.6) is 0 Å². The van der Waals surface area contributed by atoms with Crippen molar-refractivity contribution < 1.29 is 23.8 Å². The molecule has 0 bridgehead atoms. The molecule has 55 heavy (non-hydrogen) atoms. The van der Waals surface area contributed by atoms with E-state index in [1.54, 1.807) is 6.92 Å². The lowest BCUT2D eigenvalue weighted by Gasteiger charge is -2.63. The first-order valence-electron chi connectivity index (χ1n) is 21.3. The molecule has 1 spiro atoms. The Hall–Kier alpha value is -3.03. The van der Waals surface area contributed by atoms with Crippen molar-refractivity contribution in [1.82, 2.24) is 0 Å². The summed E-state index contributed by atoms with van der Waals surface area (Å²) in [6.07, 6.45) is 8.59. The number of fused-ring (bicyclic) bond motifs is 4. The summed E-state index contributed by atoms with van der Waals surface area (Å²) < 4.78 is 21.0. The van der Waals surface area contributed by atoms with Crippen LogP contribution in [-0.4, -0.2) is 44.1 Å². The van der Waals surface area contributed by atoms with Crippen LogP contribution in [0, 0.1) is 40.4 Å². The molecule has 5 aliphatic rings. The summed E-state index contributed by atoms with van der Waals surface area (Å²) in [5, 5.41) is 15.2. The summed E-state index contributed by atoms with van der Waals surface area (Å²) in [6.45, 7) is 14.6. The van der Waals surface area contributed by atoms with Gasteiger partial charge in [0.2, 0.25) is 0 Å². The quantitative estimate of drug-likeness (QED) is 0.209. The van der Waals surface area contributed by atoms with Gasteiger partial charge in [0.1, 0.15) is 17.6 Å². The zero-order valence-corrected chi connectivity index (χ0v) is 35.1. The molecule has 0 aromatic heterocycles. The van der Waals surface area contributed by atoms with Gasteiger partial charge in [-0.25, -0.2) is 0 Å². The standard InChI is InChI=1S/C49H64O5Si/c1-33(50)28-44(52-31-35-16-10-7-11-17-35)46-34(2)41-24-25-42-40-23-22-36-29-37(26-27-48(36,6)43(40)30-45(51)49(41,42)32-53-46)54-55(47(3,4)5,38-18-12-8-13-19-38)39-20-14-9-15-21-39/h7-21,36-37,40-45,51H,22-32H2,1-6H3/t36-,37-,40-,41+,42-,43-,44+,45+,48-,49?/m0/s1. The normalized spacial score (nSPS) is 33.8. The first-order chi connectivity index (χ1) is 26.4. The van der Waals surface area contributed by atoms with Crippen LogP contribution in [0.2, 0.25) is 5.04 Å². The predicted molar refractivity (Wildman–Crippen MR) is 222 cm³/mol. The molecule has 5 nitrogen and oxygen atoms in total. The van der Waals surface area contributed by atoms with E-state index in [1.165, 1.54) is 28.8 Å². The molecule has 6 heteroatoms. The number of rotatable bonds is 10. The van der Waals surface area contributed by atoms with E-state index in [4.69, 9.17) is 13.9 Å². The smallest absolute Gasteiger partial charge is 0.261 e. The average molecular weight is 761 g/mol. The van der Waals surface area contributed by atoms with E-state index in [0.717, 1.165) is 49.8 Å². The molecular formula is C49H64O5Si. The minimum atomic E-state index is -2.64. The summed E-state index contributed by atoms with van der Waals surface area (Å²) in [5.74, 6) is 3.35. The average Bonchev–Trinajstić information content (AvgIpc) is 3.59. The van der Waals surface area contributed by atoms with E-state index in [9.17, 15) is 9.90 Å². The van der Waals surface area contributed by atoms with Gasteiger partial charge in [-0.15, -0.1) is 0 Å². The van der Waals surface area contributed by atoms with E-state index in [1.807, 2.05) is 18.2 Å². The van der Waals surface area contributed by atoms with Crippen LogP contribution >= 0.6 is 0 Å². The molecule has 0 amide bonds. The van der Waals surface area contributed by atoms with E-state index < -0.39 is 20.5 Å². The van der Waals surface area contributed by atoms with Gasteiger partial charge in [0.05, 0.1) is 19.3 Å². The third-order valence-corrected chi connectivity index (χ3v) is 20.7. The second-order valence-corrected chi connectivity index (χ2v) is 23.6. The number of aliphatic hydroxyl groups excluding tert-OH is 1. The minimum absolute atomic E-state index is 0.0382. The molecule has 4 saturated carbocycles. The first kappa shape index (κ1) is 38.8. The lowest BCUT2D eigenvalue weighted by molar-refractivity contribution is -0.194. The van der Waals surface area contributed by atoms with Crippen LogP contribution in [0.4, 0.5) is 0 Å². The molecule has 3 aromatic rings. The molecule has 294 valence electrons. The number of carbonyl (C=O) groups is 1. The highest BCUT2D eigenvalue weighted by molar-refractivity contribution is 6.99. The summed E-state index contributed by atoms with van der Waals surface area (Å²) in [4.78, 5) is 12.5. The zero-order chi connectivity index (χ0) is 38.6. The molecule has 0 saturated heterocycles. The predicted octanol–water partition coefficient (Wildman–Crippen LogP) is 9.41. The van der Waals surface area contributed by atoms with Gasteiger partial charge in [0.15, 0.2) is 0 Å². The monoisotopic (exact) mass is 760 g/mol. The number of ketones is 1. The molecule has 10 atom stereocenters. The summed E-state index contributed by atoms with van der Waals surface area (Å²) in [6, 6.07) is 32.4. The van der Waals surface area contributed by atoms with Crippen molar-refractivity contribution in [2.75, 3.05) is 6.61 Å². The van der Waals surface area contributed by atoms with Crippen molar-refractivity contribution in [2.45, 2.75) is 129 Å². The fourth-order valence-electron chi connectivity index (χ4n) is 13.1. The Morgan fingerprint density at radius 3 is 2.13 bits per heavy atom. The second kappa shape index (κ2) is 15.0. The zero-order valence-electron chi connectivity index (χ0n) is 34.1.